The van der Waals surface area contributed by atoms with Gasteiger partial charge in [0.1, 0.15) is 0 Å². The van der Waals surface area contributed by atoms with Gasteiger partial charge in [0.2, 0.25) is 0 Å². The molecule has 27 heavy (non-hydrogen) atoms. The van der Waals surface area contributed by atoms with Crippen LogP contribution in [-0.4, -0.2) is 40.9 Å². The van der Waals surface area contributed by atoms with E-state index < -0.39 is 5.91 Å². The van der Waals surface area contributed by atoms with Gasteiger partial charge in [-0.3, -0.25) is 4.79 Å². The third-order valence-electron chi connectivity index (χ3n) is 4.86. The SMILES string of the molecule is COc1ccnc(C(=O)NC2C[C@H](C)O[C@](C)(Cc3ccccc3)C2)c1O. The van der Waals surface area contributed by atoms with Gasteiger partial charge in [0, 0.05) is 24.7 Å². The Morgan fingerprint density at radius 3 is 2.81 bits per heavy atom. The largest absolute Gasteiger partial charge is 0.503 e. The molecule has 0 bridgehead atoms. The fourth-order valence-corrected chi connectivity index (χ4v) is 3.86. The Bertz CT molecular complexity index is 796. The molecule has 6 nitrogen and oxygen atoms in total. The van der Waals surface area contributed by atoms with Crippen LogP contribution in [0.25, 0.3) is 0 Å². The molecule has 1 saturated heterocycles. The van der Waals surface area contributed by atoms with E-state index in [4.69, 9.17) is 9.47 Å². The van der Waals surface area contributed by atoms with Gasteiger partial charge in [0.05, 0.1) is 18.8 Å². The minimum absolute atomic E-state index is 0.0182. The summed E-state index contributed by atoms with van der Waals surface area (Å²) in [5.41, 5.74) is 0.797. The molecule has 0 aliphatic carbocycles. The fourth-order valence-electron chi connectivity index (χ4n) is 3.86. The molecule has 0 radical (unpaired) electrons. The maximum Gasteiger partial charge on any atom is 0.274 e. The highest BCUT2D eigenvalue weighted by Gasteiger charge is 2.37. The molecular weight excluding hydrogens is 344 g/mol. The van der Waals surface area contributed by atoms with Gasteiger partial charge in [-0.25, -0.2) is 4.98 Å². The van der Waals surface area contributed by atoms with E-state index in [1.54, 1.807) is 0 Å². The van der Waals surface area contributed by atoms with Gasteiger partial charge in [-0.15, -0.1) is 0 Å². The van der Waals surface area contributed by atoms with Crippen LogP contribution in [0.4, 0.5) is 0 Å². The first-order chi connectivity index (χ1) is 12.9. The van der Waals surface area contributed by atoms with Crippen molar-refractivity contribution in [1.29, 1.82) is 0 Å². The van der Waals surface area contributed by atoms with Crippen LogP contribution in [0.2, 0.25) is 0 Å². The lowest BCUT2D eigenvalue weighted by molar-refractivity contribution is -0.118. The van der Waals surface area contributed by atoms with Crippen LogP contribution < -0.4 is 10.1 Å². The summed E-state index contributed by atoms with van der Waals surface area (Å²) in [7, 11) is 1.44. The first-order valence-corrected chi connectivity index (χ1v) is 9.15. The summed E-state index contributed by atoms with van der Waals surface area (Å²) in [6.07, 6.45) is 3.63. The lowest BCUT2D eigenvalue weighted by Crippen LogP contribution is -2.50. The molecule has 1 aliphatic heterocycles. The number of nitrogens with zero attached hydrogens (tertiary/aromatic N) is 1. The number of rotatable bonds is 5. The van der Waals surface area contributed by atoms with Crippen molar-refractivity contribution in [3.63, 3.8) is 0 Å². The number of hydrogen-bond acceptors (Lipinski definition) is 5. The molecule has 0 spiro atoms. The molecule has 2 N–H and O–H groups in total. The molecule has 2 aromatic rings. The van der Waals surface area contributed by atoms with Crippen molar-refractivity contribution in [2.24, 2.45) is 0 Å². The van der Waals surface area contributed by atoms with Crippen LogP contribution in [0.1, 0.15) is 42.7 Å². The van der Waals surface area contributed by atoms with Crippen molar-refractivity contribution in [3.8, 4) is 11.5 Å². The van der Waals surface area contributed by atoms with Crippen LogP contribution in [0.5, 0.6) is 11.5 Å². The van der Waals surface area contributed by atoms with Crippen LogP contribution in [-0.2, 0) is 11.2 Å². The second-order valence-corrected chi connectivity index (χ2v) is 7.36. The van der Waals surface area contributed by atoms with Gasteiger partial charge in [0.15, 0.2) is 17.2 Å². The van der Waals surface area contributed by atoms with Crippen molar-refractivity contribution >= 4 is 5.91 Å². The Balaban J connectivity index is 1.72. The number of carbonyl (C=O) groups excluding carboxylic acids is 1. The number of methoxy groups -OCH3 is 1. The van der Waals surface area contributed by atoms with E-state index in [1.807, 2.05) is 25.1 Å². The summed E-state index contributed by atoms with van der Waals surface area (Å²) in [5.74, 6) is -0.429. The molecule has 144 valence electrons. The first kappa shape index (κ1) is 19.2. The van der Waals surface area contributed by atoms with Crippen molar-refractivity contribution < 1.29 is 19.4 Å². The minimum Gasteiger partial charge on any atom is -0.503 e. The Morgan fingerprint density at radius 2 is 2.11 bits per heavy atom. The second kappa shape index (κ2) is 7.96. The van der Waals surface area contributed by atoms with Crippen LogP contribution in [0.15, 0.2) is 42.6 Å². The molecule has 1 amide bonds. The minimum atomic E-state index is -0.410. The predicted octanol–water partition coefficient (Wildman–Crippen LogP) is 3.09. The molecule has 1 fully saturated rings. The Kier molecular flexibility index (Phi) is 5.65. The number of benzene rings is 1. The Morgan fingerprint density at radius 1 is 1.37 bits per heavy atom. The highest BCUT2D eigenvalue weighted by atomic mass is 16.5. The zero-order valence-electron chi connectivity index (χ0n) is 15.9. The summed E-state index contributed by atoms with van der Waals surface area (Å²) >= 11 is 0. The number of nitrogens with one attached hydrogen (secondary N) is 1. The van der Waals surface area contributed by atoms with E-state index in [0.29, 0.717) is 12.8 Å². The monoisotopic (exact) mass is 370 g/mol. The second-order valence-electron chi connectivity index (χ2n) is 7.36. The fraction of sp³-hybridized carbons (Fsp3) is 0.429. The van der Waals surface area contributed by atoms with Gasteiger partial charge < -0.3 is 19.9 Å². The number of amides is 1. The lowest BCUT2D eigenvalue weighted by atomic mass is 9.84. The zero-order chi connectivity index (χ0) is 19.4. The molecule has 0 saturated carbocycles. The maximum atomic E-state index is 12.6. The highest BCUT2D eigenvalue weighted by molar-refractivity contribution is 5.95. The molecule has 1 unspecified atom stereocenters. The molecule has 2 heterocycles. The summed E-state index contributed by atoms with van der Waals surface area (Å²) in [4.78, 5) is 16.7. The number of pyridine rings is 1. The topological polar surface area (TPSA) is 80.7 Å². The summed E-state index contributed by atoms with van der Waals surface area (Å²) < 4.78 is 11.3. The number of hydrogen-bond donors (Lipinski definition) is 2. The average Bonchev–Trinajstić information content (AvgIpc) is 2.61. The number of carbonyl (C=O) groups is 1. The van der Waals surface area contributed by atoms with Gasteiger partial charge in [-0.1, -0.05) is 30.3 Å². The summed E-state index contributed by atoms with van der Waals surface area (Å²) in [6.45, 7) is 4.10. The van der Waals surface area contributed by atoms with Gasteiger partial charge >= 0.3 is 0 Å². The van der Waals surface area contributed by atoms with Crippen molar-refractivity contribution in [2.45, 2.75) is 50.9 Å². The average molecular weight is 370 g/mol. The molecule has 1 aliphatic rings. The van der Waals surface area contributed by atoms with Crippen LogP contribution >= 0.6 is 0 Å². The normalized spacial score (nSPS) is 25.0. The quantitative estimate of drug-likeness (QED) is 0.845. The van der Waals surface area contributed by atoms with Crippen LogP contribution in [0.3, 0.4) is 0 Å². The van der Waals surface area contributed by atoms with Gasteiger partial charge in [0.25, 0.3) is 5.91 Å². The standard InChI is InChI=1S/C21H26N2O4/c1-14-11-16(13-21(2,27-14)12-15-7-5-4-6-8-15)23-20(25)18-19(24)17(26-3)9-10-22-18/h4-10,14,16,24H,11-13H2,1-3H3,(H,23,25)/t14-,16?,21+/m0/s1. The predicted molar refractivity (Wildman–Crippen MR) is 102 cm³/mol. The van der Waals surface area contributed by atoms with Crippen LogP contribution in [0, 0.1) is 0 Å². The highest BCUT2D eigenvalue weighted by Crippen LogP contribution is 2.33. The van der Waals surface area contributed by atoms with E-state index in [-0.39, 0.29) is 34.9 Å². The van der Waals surface area contributed by atoms with Gasteiger partial charge in [-0.05, 0) is 32.3 Å². The van der Waals surface area contributed by atoms with Crippen molar-refractivity contribution in [1.82, 2.24) is 10.3 Å². The van der Waals surface area contributed by atoms with E-state index in [2.05, 4.69) is 29.4 Å². The van der Waals surface area contributed by atoms with Crippen molar-refractivity contribution in [3.05, 3.63) is 53.9 Å². The number of aromatic nitrogens is 1. The molecule has 1 aromatic carbocycles. The Hall–Kier alpha value is -2.60. The summed E-state index contributed by atoms with van der Waals surface area (Å²) in [6, 6.07) is 11.6. The lowest BCUT2D eigenvalue weighted by Gasteiger charge is -2.42. The molecule has 1 aromatic heterocycles. The van der Waals surface area contributed by atoms with Gasteiger partial charge in [-0.2, -0.15) is 0 Å². The van der Waals surface area contributed by atoms with E-state index >= 15 is 0 Å². The third-order valence-corrected chi connectivity index (χ3v) is 4.86. The molecule has 3 rings (SSSR count). The van der Waals surface area contributed by atoms with E-state index in [1.165, 1.54) is 24.9 Å². The maximum absolute atomic E-state index is 12.6. The number of ether oxygens (including phenoxy) is 2. The zero-order valence-corrected chi connectivity index (χ0v) is 15.9. The molecule has 6 heteroatoms. The summed E-state index contributed by atoms with van der Waals surface area (Å²) in [5, 5.41) is 13.2. The number of aromatic hydroxyl groups is 1. The smallest absolute Gasteiger partial charge is 0.274 e. The molecular formula is C21H26N2O4. The van der Waals surface area contributed by atoms with Crippen molar-refractivity contribution in [2.75, 3.05) is 7.11 Å². The first-order valence-electron chi connectivity index (χ1n) is 9.15. The van der Waals surface area contributed by atoms with E-state index in [9.17, 15) is 9.90 Å². The van der Waals surface area contributed by atoms with E-state index in [0.717, 1.165) is 6.42 Å². The molecule has 3 atom stereocenters. The third kappa shape index (κ3) is 4.57. The Labute approximate surface area is 159 Å².